The van der Waals surface area contributed by atoms with E-state index in [1.165, 1.54) is 0 Å². The molecule has 1 N–H and O–H groups in total. The zero-order valence-electron chi connectivity index (χ0n) is 13.7. The Balaban J connectivity index is 1.96. The van der Waals surface area contributed by atoms with E-state index in [0.29, 0.717) is 23.6 Å². The summed E-state index contributed by atoms with van der Waals surface area (Å²) in [5.74, 6) is -0.994. The molecule has 1 aromatic heterocycles. The Morgan fingerprint density at radius 3 is 2.50 bits per heavy atom. The second kappa shape index (κ2) is 5.00. The smallest absolute Gasteiger partial charge is 0.411 e. The number of fused-ring (bicyclic) bond motifs is 1. The van der Waals surface area contributed by atoms with Gasteiger partial charge in [-0.3, -0.25) is 9.59 Å². The summed E-state index contributed by atoms with van der Waals surface area (Å²) in [6.07, 6.45) is -3.24. The van der Waals surface area contributed by atoms with Gasteiger partial charge in [-0.05, 0) is 18.3 Å². The minimum Gasteiger partial charge on any atom is -0.468 e. The van der Waals surface area contributed by atoms with Gasteiger partial charge >= 0.3 is 6.18 Å². The number of alkyl halides is 3. The third-order valence-electron chi connectivity index (χ3n) is 4.89. The van der Waals surface area contributed by atoms with Crippen LogP contribution in [-0.2, 0) is 6.42 Å². The Labute approximate surface area is 137 Å². The molecular formula is C16H19F3N2O3. The molecule has 1 saturated carbocycles. The largest absolute Gasteiger partial charge is 0.468 e. The summed E-state index contributed by atoms with van der Waals surface area (Å²) in [7, 11) is 1.13. The molecule has 5 nitrogen and oxygen atoms in total. The van der Waals surface area contributed by atoms with Gasteiger partial charge in [-0.25, -0.2) is 0 Å². The van der Waals surface area contributed by atoms with Gasteiger partial charge in [0, 0.05) is 20.0 Å². The highest BCUT2D eigenvalue weighted by Gasteiger charge is 2.67. The molecule has 2 aliphatic rings. The Kier molecular flexibility index (Phi) is 3.51. The van der Waals surface area contributed by atoms with Crippen molar-refractivity contribution in [3.05, 3.63) is 23.2 Å². The first-order valence-corrected chi connectivity index (χ1v) is 7.72. The summed E-state index contributed by atoms with van der Waals surface area (Å²) in [5.41, 5.74) is -2.46. The first-order chi connectivity index (χ1) is 11.0. The maximum atomic E-state index is 13.2. The van der Waals surface area contributed by atoms with Gasteiger partial charge in [0.2, 0.25) is 0 Å². The van der Waals surface area contributed by atoms with Crippen LogP contribution in [0.5, 0.6) is 0 Å². The molecule has 8 heteroatoms. The van der Waals surface area contributed by atoms with E-state index in [4.69, 9.17) is 4.42 Å². The number of nitrogens with one attached hydrogen (secondary N) is 1. The second-order valence-corrected chi connectivity index (χ2v) is 7.36. The van der Waals surface area contributed by atoms with Crippen LogP contribution < -0.4 is 5.32 Å². The maximum absolute atomic E-state index is 13.2. The average molecular weight is 344 g/mol. The summed E-state index contributed by atoms with van der Waals surface area (Å²) in [4.78, 5) is 25.6. The van der Waals surface area contributed by atoms with Crippen LogP contribution in [0.1, 0.15) is 53.2 Å². The fraction of sp³-hybridized carbons (Fsp3) is 0.625. The first-order valence-electron chi connectivity index (χ1n) is 7.72. The van der Waals surface area contributed by atoms with Crippen molar-refractivity contribution < 1.29 is 27.2 Å². The molecule has 1 fully saturated rings. The monoisotopic (exact) mass is 344 g/mol. The van der Waals surface area contributed by atoms with E-state index in [9.17, 15) is 22.8 Å². The highest BCUT2D eigenvalue weighted by Crippen LogP contribution is 2.53. The molecule has 0 bridgehead atoms. The number of hydrogen-bond acceptors (Lipinski definition) is 3. The van der Waals surface area contributed by atoms with Crippen LogP contribution >= 0.6 is 0 Å². The molecule has 3 rings (SSSR count). The van der Waals surface area contributed by atoms with Crippen LogP contribution in [0.25, 0.3) is 0 Å². The highest BCUT2D eigenvalue weighted by atomic mass is 19.4. The SMILES string of the molecule is CN(C(=O)c1coc2c1C(=O)NCC(C)(C)C2)C1(C(F)(F)F)CC1. The fourth-order valence-electron chi connectivity index (χ4n) is 3.14. The lowest BCUT2D eigenvalue weighted by atomic mass is 9.88. The average Bonchev–Trinajstić information content (AvgIpc) is 3.21. The van der Waals surface area contributed by atoms with E-state index >= 15 is 0 Å². The third-order valence-corrected chi connectivity index (χ3v) is 4.89. The molecule has 0 saturated heterocycles. The number of amides is 2. The number of halogens is 3. The summed E-state index contributed by atoms with van der Waals surface area (Å²) in [6.45, 7) is 4.26. The molecule has 2 heterocycles. The topological polar surface area (TPSA) is 62.6 Å². The van der Waals surface area contributed by atoms with Crippen molar-refractivity contribution in [3.63, 3.8) is 0 Å². The van der Waals surface area contributed by atoms with Gasteiger partial charge in [0.15, 0.2) is 0 Å². The van der Waals surface area contributed by atoms with E-state index in [1.54, 1.807) is 0 Å². The molecular weight excluding hydrogens is 325 g/mol. The van der Waals surface area contributed by atoms with Gasteiger partial charge in [-0.1, -0.05) is 13.8 Å². The fourth-order valence-corrected chi connectivity index (χ4v) is 3.14. The van der Waals surface area contributed by atoms with E-state index in [0.717, 1.165) is 13.3 Å². The van der Waals surface area contributed by atoms with Crippen LogP contribution in [-0.4, -0.2) is 42.0 Å². The summed E-state index contributed by atoms with van der Waals surface area (Å²) >= 11 is 0. The first kappa shape index (κ1) is 16.9. The zero-order valence-corrected chi connectivity index (χ0v) is 13.7. The molecule has 0 unspecified atom stereocenters. The number of carbonyl (C=O) groups excluding carboxylic acids is 2. The van der Waals surface area contributed by atoms with Crippen LogP contribution in [0.2, 0.25) is 0 Å². The van der Waals surface area contributed by atoms with Crippen LogP contribution in [0, 0.1) is 5.41 Å². The second-order valence-electron chi connectivity index (χ2n) is 7.36. The number of hydrogen-bond donors (Lipinski definition) is 1. The number of rotatable bonds is 2. The predicted molar refractivity (Wildman–Crippen MR) is 78.6 cm³/mol. The third kappa shape index (κ3) is 2.48. The quantitative estimate of drug-likeness (QED) is 0.897. The molecule has 0 atom stereocenters. The van der Waals surface area contributed by atoms with Crippen LogP contribution in [0.15, 0.2) is 10.7 Å². The molecule has 1 aliphatic heterocycles. The van der Waals surface area contributed by atoms with Gasteiger partial charge in [0.1, 0.15) is 17.6 Å². The molecule has 24 heavy (non-hydrogen) atoms. The molecule has 1 aliphatic carbocycles. The van der Waals surface area contributed by atoms with E-state index in [-0.39, 0.29) is 29.4 Å². The van der Waals surface area contributed by atoms with Crippen LogP contribution in [0.4, 0.5) is 13.2 Å². The Morgan fingerprint density at radius 2 is 1.96 bits per heavy atom. The minimum absolute atomic E-state index is 0.0513. The van der Waals surface area contributed by atoms with Gasteiger partial charge in [-0.2, -0.15) is 13.2 Å². The van der Waals surface area contributed by atoms with Gasteiger partial charge < -0.3 is 14.6 Å². The molecule has 0 radical (unpaired) electrons. The van der Waals surface area contributed by atoms with Crippen molar-refractivity contribution in [1.29, 1.82) is 0 Å². The predicted octanol–water partition coefficient (Wildman–Crippen LogP) is 2.76. The molecule has 2 amide bonds. The van der Waals surface area contributed by atoms with E-state index < -0.39 is 23.5 Å². The van der Waals surface area contributed by atoms with Gasteiger partial charge in [0.05, 0.1) is 11.1 Å². The number of carbonyl (C=O) groups is 2. The van der Waals surface area contributed by atoms with E-state index in [1.807, 2.05) is 13.8 Å². The van der Waals surface area contributed by atoms with Gasteiger partial charge in [0.25, 0.3) is 11.8 Å². The maximum Gasteiger partial charge on any atom is 0.411 e. The summed E-state index contributed by atoms with van der Waals surface area (Å²) < 4.78 is 45.1. The normalized spacial score (nSPS) is 21.5. The van der Waals surface area contributed by atoms with Gasteiger partial charge in [-0.15, -0.1) is 0 Å². The van der Waals surface area contributed by atoms with Crippen molar-refractivity contribution in [2.45, 2.75) is 44.8 Å². The Bertz CT molecular complexity index is 702. The summed E-state index contributed by atoms with van der Waals surface area (Å²) in [5, 5.41) is 2.70. The lowest BCUT2D eigenvalue weighted by Crippen LogP contribution is -2.49. The van der Waals surface area contributed by atoms with Crippen molar-refractivity contribution >= 4 is 11.8 Å². The van der Waals surface area contributed by atoms with Crippen molar-refractivity contribution in [2.75, 3.05) is 13.6 Å². The minimum atomic E-state index is -4.50. The summed E-state index contributed by atoms with van der Waals surface area (Å²) in [6, 6.07) is 0. The standard InChI is InChI=1S/C16H19F3N2O3/c1-14(2)6-10-11(12(22)20-8-14)9(7-24-10)13(23)21(3)15(4-5-15)16(17,18)19/h7H,4-6,8H2,1-3H3,(H,20,22). The van der Waals surface area contributed by atoms with E-state index in [2.05, 4.69) is 5.32 Å². The molecule has 1 aromatic rings. The molecule has 0 spiro atoms. The highest BCUT2D eigenvalue weighted by molar-refractivity contribution is 6.08. The molecule has 132 valence electrons. The van der Waals surface area contributed by atoms with Crippen molar-refractivity contribution in [2.24, 2.45) is 5.41 Å². The lowest BCUT2D eigenvalue weighted by Gasteiger charge is -2.30. The molecule has 0 aromatic carbocycles. The Hall–Kier alpha value is -1.99. The van der Waals surface area contributed by atoms with Crippen molar-refractivity contribution in [1.82, 2.24) is 10.2 Å². The van der Waals surface area contributed by atoms with Crippen LogP contribution in [0.3, 0.4) is 0 Å². The number of furan rings is 1. The Morgan fingerprint density at radius 1 is 1.33 bits per heavy atom. The number of nitrogens with zero attached hydrogens (tertiary/aromatic N) is 1. The zero-order chi connectivity index (χ0) is 17.9. The lowest BCUT2D eigenvalue weighted by molar-refractivity contribution is -0.185. The van der Waals surface area contributed by atoms with Crippen molar-refractivity contribution in [3.8, 4) is 0 Å².